The van der Waals surface area contributed by atoms with E-state index in [0.29, 0.717) is 13.1 Å². The molecule has 2 bridgehead atoms. The van der Waals surface area contributed by atoms with E-state index in [0.717, 1.165) is 31.9 Å². The Kier molecular flexibility index (Phi) is 7.64. The van der Waals surface area contributed by atoms with Crippen LogP contribution in [0.1, 0.15) is 51.9 Å². The Balaban J connectivity index is 1.15. The number of fused-ring (bicyclic) bond motifs is 5. The Labute approximate surface area is 186 Å². The van der Waals surface area contributed by atoms with Crippen molar-refractivity contribution in [1.82, 2.24) is 20.4 Å². The van der Waals surface area contributed by atoms with Crippen LogP contribution in [0.4, 0.5) is 0 Å². The Hall–Kier alpha value is -1.89. The first-order valence-electron chi connectivity index (χ1n) is 12.5. The highest BCUT2D eigenvalue weighted by Gasteiger charge is 2.58. The average Bonchev–Trinajstić information content (AvgIpc) is 3.46. The molecule has 2 N–H and O–H groups in total. The SMILES string of the molecule is CCNC(=NCCCCCN1CCCCC1)NCCN1C(=O)C2C3C=CC(C3)C2C1=O. The zero-order valence-corrected chi connectivity index (χ0v) is 19.0. The van der Waals surface area contributed by atoms with Gasteiger partial charge >= 0.3 is 0 Å². The largest absolute Gasteiger partial charge is 0.357 e. The number of carbonyl (C=O) groups excluding carboxylic acids is 2. The second kappa shape index (κ2) is 10.6. The number of hydrogen-bond acceptors (Lipinski definition) is 4. The van der Waals surface area contributed by atoms with Gasteiger partial charge in [-0.05, 0) is 70.5 Å². The smallest absolute Gasteiger partial charge is 0.233 e. The van der Waals surface area contributed by atoms with E-state index in [1.165, 1.54) is 56.6 Å². The predicted octanol–water partition coefficient (Wildman–Crippen LogP) is 2.00. The van der Waals surface area contributed by atoms with Crippen LogP contribution in [0.2, 0.25) is 0 Å². The number of amides is 2. The molecule has 0 aromatic rings. The summed E-state index contributed by atoms with van der Waals surface area (Å²) in [6.07, 6.45) is 12.9. The lowest BCUT2D eigenvalue weighted by Crippen LogP contribution is -2.43. The summed E-state index contributed by atoms with van der Waals surface area (Å²) in [6.45, 7) is 8.37. The molecule has 0 aromatic carbocycles. The number of carbonyl (C=O) groups is 2. The molecule has 0 spiro atoms. The molecule has 31 heavy (non-hydrogen) atoms. The summed E-state index contributed by atoms with van der Waals surface area (Å²) in [7, 11) is 0. The molecule has 2 aliphatic heterocycles. The third kappa shape index (κ3) is 5.13. The number of likely N-dealkylation sites (tertiary alicyclic amines) is 2. The number of imide groups is 1. The van der Waals surface area contributed by atoms with Crippen molar-refractivity contribution in [3.05, 3.63) is 12.2 Å². The molecule has 2 saturated heterocycles. The van der Waals surface area contributed by atoms with Gasteiger partial charge in [0, 0.05) is 26.2 Å². The molecule has 2 heterocycles. The van der Waals surface area contributed by atoms with Crippen LogP contribution in [-0.2, 0) is 9.59 Å². The predicted molar refractivity (Wildman–Crippen MR) is 123 cm³/mol. The van der Waals surface area contributed by atoms with E-state index in [4.69, 9.17) is 0 Å². The lowest BCUT2D eigenvalue weighted by molar-refractivity contribution is -0.140. The van der Waals surface area contributed by atoms with Gasteiger partial charge in [0.15, 0.2) is 5.96 Å². The number of rotatable bonds is 10. The number of hydrogen-bond donors (Lipinski definition) is 2. The summed E-state index contributed by atoms with van der Waals surface area (Å²) in [5.74, 6) is 1.19. The van der Waals surface area contributed by atoms with E-state index >= 15 is 0 Å². The number of guanidine groups is 1. The molecule has 4 atom stereocenters. The summed E-state index contributed by atoms with van der Waals surface area (Å²) in [6, 6.07) is 0. The Morgan fingerprint density at radius 3 is 2.35 bits per heavy atom. The van der Waals surface area contributed by atoms with Gasteiger partial charge in [0.2, 0.25) is 11.8 Å². The van der Waals surface area contributed by atoms with Gasteiger partial charge in [-0.1, -0.05) is 25.0 Å². The van der Waals surface area contributed by atoms with Gasteiger partial charge in [0.25, 0.3) is 0 Å². The van der Waals surface area contributed by atoms with Crippen LogP contribution >= 0.6 is 0 Å². The third-order valence-corrected chi connectivity index (χ3v) is 7.38. The van der Waals surface area contributed by atoms with Crippen LogP contribution in [0.3, 0.4) is 0 Å². The molecule has 1 saturated carbocycles. The Bertz CT molecular complexity index is 670. The first-order chi connectivity index (χ1) is 15.2. The van der Waals surface area contributed by atoms with Crippen molar-refractivity contribution >= 4 is 17.8 Å². The summed E-state index contributed by atoms with van der Waals surface area (Å²) in [4.78, 5) is 34.3. The van der Waals surface area contributed by atoms with Gasteiger partial charge in [-0.15, -0.1) is 0 Å². The molecule has 2 amide bonds. The fourth-order valence-corrected chi connectivity index (χ4v) is 5.81. The molecule has 172 valence electrons. The van der Waals surface area contributed by atoms with Gasteiger partial charge in [0.1, 0.15) is 0 Å². The van der Waals surface area contributed by atoms with Crippen LogP contribution in [0.5, 0.6) is 0 Å². The maximum absolute atomic E-state index is 12.8. The molecule has 0 radical (unpaired) electrons. The van der Waals surface area contributed by atoms with Crippen molar-refractivity contribution in [1.29, 1.82) is 0 Å². The van der Waals surface area contributed by atoms with E-state index in [2.05, 4.69) is 32.7 Å². The molecule has 4 unspecified atom stereocenters. The fourth-order valence-electron chi connectivity index (χ4n) is 5.81. The maximum Gasteiger partial charge on any atom is 0.233 e. The minimum Gasteiger partial charge on any atom is -0.357 e. The van der Waals surface area contributed by atoms with Crippen molar-refractivity contribution in [2.45, 2.75) is 51.9 Å². The zero-order valence-electron chi connectivity index (χ0n) is 19.0. The highest BCUT2D eigenvalue weighted by atomic mass is 16.2. The topological polar surface area (TPSA) is 77.0 Å². The van der Waals surface area contributed by atoms with Crippen LogP contribution in [0.25, 0.3) is 0 Å². The van der Waals surface area contributed by atoms with Crippen molar-refractivity contribution in [2.24, 2.45) is 28.7 Å². The second-order valence-electron chi connectivity index (χ2n) is 9.48. The summed E-state index contributed by atoms with van der Waals surface area (Å²) in [5.41, 5.74) is 0. The lowest BCUT2D eigenvalue weighted by atomic mass is 9.85. The quantitative estimate of drug-likeness (QED) is 0.183. The lowest BCUT2D eigenvalue weighted by Gasteiger charge is -2.26. The van der Waals surface area contributed by atoms with Crippen molar-refractivity contribution < 1.29 is 9.59 Å². The molecule has 3 fully saturated rings. The zero-order chi connectivity index (χ0) is 21.6. The molecule has 7 heteroatoms. The Morgan fingerprint density at radius 2 is 1.68 bits per heavy atom. The Morgan fingerprint density at radius 1 is 0.968 bits per heavy atom. The minimum atomic E-state index is -0.102. The van der Waals surface area contributed by atoms with Gasteiger partial charge in [0.05, 0.1) is 11.8 Å². The molecule has 4 aliphatic rings. The van der Waals surface area contributed by atoms with E-state index in [1.807, 2.05) is 6.92 Å². The van der Waals surface area contributed by atoms with Crippen molar-refractivity contribution in [2.75, 3.05) is 45.8 Å². The van der Waals surface area contributed by atoms with Gasteiger partial charge in [-0.3, -0.25) is 19.5 Å². The third-order valence-electron chi connectivity index (χ3n) is 7.38. The van der Waals surface area contributed by atoms with Crippen LogP contribution in [-0.4, -0.2) is 73.4 Å². The van der Waals surface area contributed by atoms with E-state index in [-0.39, 0.29) is 35.5 Å². The summed E-state index contributed by atoms with van der Waals surface area (Å²) < 4.78 is 0. The van der Waals surface area contributed by atoms with Crippen molar-refractivity contribution in [3.8, 4) is 0 Å². The molecule has 2 aliphatic carbocycles. The first kappa shape index (κ1) is 22.3. The van der Waals surface area contributed by atoms with Crippen LogP contribution in [0.15, 0.2) is 17.1 Å². The van der Waals surface area contributed by atoms with Gasteiger partial charge in [-0.2, -0.15) is 0 Å². The number of allylic oxidation sites excluding steroid dienone is 2. The van der Waals surface area contributed by atoms with E-state index in [9.17, 15) is 9.59 Å². The molecule has 4 rings (SSSR count). The molecular weight excluding hydrogens is 390 g/mol. The molecular formula is C24H39N5O2. The maximum atomic E-state index is 12.8. The van der Waals surface area contributed by atoms with Crippen molar-refractivity contribution in [3.63, 3.8) is 0 Å². The fraction of sp³-hybridized carbons (Fsp3) is 0.792. The second-order valence-corrected chi connectivity index (χ2v) is 9.48. The monoisotopic (exact) mass is 429 g/mol. The first-order valence-corrected chi connectivity index (χ1v) is 12.5. The highest BCUT2D eigenvalue weighted by Crippen LogP contribution is 2.52. The minimum absolute atomic E-state index is 0.0318. The van der Waals surface area contributed by atoms with Gasteiger partial charge < -0.3 is 15.5 Å². The number of aliphatic imine (C=N–C) groups is 1. The number of nitrogens with one attached hydrogen (secondary N) is 2. The molecule has 0 aromatic heterocycles. The average molecular weight is 430 g/mol. The van der Waals surface area contributed by atoms with E-state index in [1.54, 1.807) is 0 Å². The standard InChI is InChI=1S/C24H39N5O2/c1-2-25-24(26-11-5-3-6-13-28-14-7-4-8-15-28)27-12-16-29-22(30)20-18-9-10-19(17-18)21(20)23(29)31/h9-10,18-21H,2-8,11-17H2,1H3,(H2,25,26,27). The summed E-state index contributed by atoms with van der Waals surface area (Å²) in [5, 5.41) is 6.57. The highest BCUT2D eigenvalue weighted by molar-refractivity contribution is 6.06. The van der Waals surface area contributed by atoms with Crippen LogP contribution in [0, 0.1) is 23.7 Å². The molecule has 7 nitrogen and oxygen atoms in total. The normalized spacial score (nSPS) is 30.4. The number of nitrogens with zero attached hydrogens (tertiary/aromatic N) is 3. The van der Waals surface area contributed by atoms with E-state index < -0.39 is 0 Å². The number of piperidine rings is 1. The number of unbranched alkanes of at least 4 members (excludes halogenated alkanes) is 2. The van der Waals surface area contributed by atoms with Crippen LogP contribution < -0.4 is 10.6 Å². The summed E-state index contributed by atoms with van der Waals surface area (Å²) >= 11 is 0. The van der Waals surface area contributed by atoms with Gasteiger partial charge in [-0.25, -0.2) is 0 Å².